The molecular weight excluding hydrogens is 364 g/mol. The summed E-state index contributed by atoms with van der Waals surface area (Å²) in [6, 6.07) is 9.36. The van der Waals surface area contributed by atoms with Crippen LogP contribution in [-0.4, -0.2) is 57.6 Å². The number of rotatable bonds is 5. The van der Waals surface area contributed by atoms with Gasteiger partial charge >= 0.3 is 0 Å². The quantitative estimate of drug-likeness (QED) is 0.780. The van der Waals surface area contributed by atoms with Gasteiger partial charge < -0.3 is 9.80 Å². The summed E-state index contributed by atoms with van der Waals surface area (Å²) in [6.45, 7) is 11.8. The molecular formula is C23H32N4O2. The van der Waals surface area contributed by atoms with Crippen molar-refractivity contribution >= 4 is 11.8 Å². The van der Waals surface area contributed by atoms with Gasteiger partial charge in [-0.05, 0) is 38.3 Å². The Bertz CT molecular complexity index is 857. The number of hydrogen-bond acceptors (Lipinski definition) is 3. The Morgan fingerprint density at radius 3 is 2.34 bits per heavy atom. The lowest BCUT2D eigenvalue weighted by atomic mass is 10.1. The van der Waals surface area contributed by atoms with Gasteiger partial charge in [0.25, 0.3) is 5.91 Å². The van der Waals surface area contributed by atoms with Crippen LogP contribution in [0.4, 0.5) is 0 Å². The smallest absolute Gasteiger partial charge is 0.253 e. The number of hydrogen-bond donors (Lipinski definition) is 0. The molecule has 0 N–H and O–H groups in total. The van der Waals surface area contributed by atoms with E-state index in [0.29, 0.717) is 44.1 Å². The van der Waals surface area contributed by atoms with Gasteiger partial charge in [-0.1, -0.05) is 32.0 Å². The maximum atomic E-state index is 13.0. The Hall–Kier alpha value is -2.63. The highest BCUT2D eigenvalue weighted by molar-refractivity contribution is 5.94. The molecule has 0 aliphatic carbocycles. The molecule has 6 heteroatoms. The molecule has 2 heterocycles. The van der Waals surface area contributed by atoms with Gasteiger partial charge in [-0.25, -0.2) is 0 Å². The van der Waals surface area contributed by atoms with Crippen LogP contribution in [0.2, 0.25) is 0 Å². The fourth-order valence-electron chi connectivity index (χ4n) is 3.91. The Balaban J connectivity index is 1.63. The van der Waals surface area contributed by atoms with E-state index in [0.717, 1.165) is 29.9 Å². The topological polar surface area (TPSA) is 58.4 Å². The third-order valence-corrected chi connectivity index (χ3v) is 5.55. The zero-order valence-corrected chi connectivity index (χ0v) is 18.0. The summed E-state index contributed by atoms with van der Waals surface area (Å²) in [5, 5.41) is 4.63. The first kappa shape index (κ1) is 21.1. The van der Waals surface area contributed by atoms with Crippen molar-refractivity contribution in [2.45, 2.75) is 47.1 Å². The summed E-state index contributed by atoms with van der Waals surface area (Å²) in [5.41, 5.74) is 3.76. The molecule has 3 rings (SSSR count). The van der Waals surface area contributed by atoms with E-state index >= 15 is 0 Å². The molecule has 1 aromatic carbocycles. The summed E-state index contributed by atoms with van der Waals surface area (Å²) in [6.07, 6.45) is 1.18. The van der Waals surface area contributed by atoms with Crippen LogP contribution in [0, 0.1) is 19.8 Å². The number of aromatic nitrogens is 2. The number of carbonyl (C=O) groups excluding carboxylic acids is 2. The van der Waals surface area contributed by atoms with Crippen LogP contribution in [0.3, 0.4) is 0 Å². The second-order valence-corrected chi connectivity index (χ2v) is 8.29. The molecule has 6 nitrogen and oxygen atoms in total. The van der Waals surface area contributed by atoms with E-state index in [1.54, 1.807) is 0 Å². The van der Waals surface area contributed by atoms with Gasteiger partial charge in [0, 0.05) is 49.5 Å². The minimum absolute atomic E-state index is 0.0431. The van der Waals surface area contributed by atoms with Crippen LogP contribution >= 0.6 is 0 Å². The summed E-state index contributed by atoms with van der Waals surface area (Å²) >= 11 is 0. The van der Waals surface area contributed by atoms with Gasteiger partial charge in [0.05, 0.1) is 12.1 Å². The molecule has 29 heavy (non-hydrogen) atoms. The zero-order valence-electron chi connectivity index (χ0n) is 18.0. The van der Waals surface area contributed by atoms with E-state index in [1.165, 1.54) is 0 Å². The largest absolute Gasteiger partial charge is 0.341 e. The van der Waals surface area contributed by atoms with Crippen LogP contribution < -0.4 is 0 Å². The van der Waals surface area contributed by atoms with Crippen LogP contribution in [0.15, 0.2) is 30.3 Å². The highest BCUT2D eigenvalue weighted by atomic mass is 16.2. The lowest BCUT2D eigenvalue weighted by Crippen LogP contribution is -2.38. The van der Waals surface area contributed by atoms with Crippen molar-refractivity contribution in [1.82, 2.24) is 19.6 Å². The maximum Gasteiger partial charge on any atom is 0.253 e. The van der Waals surface area contributed by atoms with E-state index in [4.69, 9.17) is 0 Å². The van der Waals surface area contributed by atoms with Gasteiger partial charge in [0.15, 0.2) is 0 Å². The third kappa shape index (κ3) is 5.05. The maximum absolute atomic E-state index is 13.0. The van der Waals surface area contributed by atoms with E-state index in [9.17, 15) is 9.59 Å². The Labute approximate surface area is 173 Å². The molecule has 0 unspecified atom stereocenters. The number of amides is 2. The normalized spacial score (nSPS) is 14.9. The first-order chi connectivity index (χ1) is 13.9. The molecule has 156 valence electrons. The van der Waals surface area contributed by atoms with Crippen molar-refractivity contribution in [3.63, 3.8) is 0 Å². The first-order valence-corrected chi connectivity index (χ1v) is 10.5. The second-order valence-electron chi connectivity index (χ2n) is 8.29. The van der Waals surface area contributed by atoms with Crippen molar-refractivity contribution in [3.05, 3.63) is 52.8 Å². The molecule has 2 amide bonds. The number of carbonyl (C=O) groups is 2. The van der Waals surface area contributed by atoms with Crippen molar-refractivity contribution in [3.8, 4) is 0 Å². The average Bonchev–Trinajstić information content (AvgIpc) is 2.89. The average molecular weight is 397 g/mol. The van der Waals surface area contributed by atoms with Crippen LogP contribution in [0.5, 0.6) is 0 Å². The second kappa shape index (κ2) is 9.25. The van der Waals surface area contributed by atoms with Crippen molar-refractivity contribution in [1.29, 1.82) is 0 Å². The predicted octanol–water partition coefficient (Wildman–Crippen LogP) is 3.07. The summed E-state index contributed by atoms with van der Waals surface area (Å²) < 4.78 is 2.02. The molecule has 1 saturated heterocycles. The zero-order chi connectivity index (χ0) is 21.0. The molecule has 0 saturated carbocycles. The van der Waals surface area contributed by atoms with Gasteiger partial charge in [0.1, 0.15) is 0 Å². The third-order valence-electron chi connectivity index (χ3n) is 5.55. The van der Waals surface area contributed by atoms with Crippen LogP contribution in [0.25, 0.3) is 0 Å². The van der Waals surface area contributed by atoms with E-state index in [-0.39, 0.29) is 11.8 Å². The van der Waals surface area contributed by atoms with Gasteiger partial charge in [-0.3, -0.25) is 14.3 Å². The van der Waals surface area contributed by atoms with Crippen LogP contribution in [0.1, 0.15) is 47.6 Å². The summed E-state index contributed by atoms with van der Waals surface area (Å²) in [5.74, 6) is 0.672. The van der Waals surface area contributed by atoms with Gasteiger partial charge in [0.2, 0.25) is 5.91 Å². The minimum Gasteiger partial charge on any atom is -0.341 e. The lowest BCUT2D eigenvalue weighted by molar-refractivity contribution is -0.130. The Morgan fingerprint density at radius 2 is 1.66 bits per heavy atom. The molecule has 2 aromatic rings. The van der Waals surface area contributed by atoms with Crippen molar-refractivity contribution in [2.24, 2.45) is 5.92 Å². The van der Waals surface area contributed by atoms with E-state index < -0.39 is 0 Å². The summed E-state index contributed by atoms with van der Waals surface area (Å²) in [4.78, 5) is 29.5. The standard InChI is InChI=1S/C23H32N4O2/c1-17(2)16-27-19(4)21(18(3)24-27)15-22(28)25-11-8-12-26(14-13-25)23(29)20-9-6-5-7-10-20/h5-7,9-10,17H,8,11-16H2,1-4H3. The molecule has 0 spiro atoms. The molecule has 1 aliphatic rings. The van der Waals surface area contributed by atoms with E-state index in [2.05, 4.69) is 18.9 Å². The molecule has 1 fully saturated rings. The number of aryl methyl sites for hydroxylation is 1. The van der Waals surface area contributed by atoms with Gasteiger partial charge in [-0.15, -0.1) is 0 Å². The first-order valence-electron chi connectivity index (χ1n) is 10.5. The van der Waals surface area contributed by atoms with Crippen molar-refractivity contribution in [2.75, 3.05) is 26.2 Å². The predicted molar refractivity (Wildman–Crippen MR) is 114 cm³/mol. The highest BCUT2D eigenvalue weighted by Gasteiger charge is 2.24. The number of nitrogens with zero attached hydrogens (tertiary/aromatic N) is 4. The van der Waals surface area contributed by atoms with Crippen LogP contribution in [-0.2, 0) is 17.8 Å². The highest BCUT2D eigenvalue weighted by Crippen LogP contribution is 2.17. The minimum atomic E-state index is 0.0431. The molecule has 1 aliphatic heterocycles. The lowest BCUT2D eigenvalue weighted by Gasteiger charge is -2.22. The van der Waals surface area contributed by atoms with Gasteiger partial charge in [-0.2, -0.15) is 5.10 Å². The molecule has 0 atom stereocenters. The number of benzene rings is 1. The Morgan fingerprint density at radius 1 is 1.00 bits per heavy atom. The molecule has 0 bridgehead atoms. The fourth-order valence-corrected chi connectivity index (χ4v) is 3.91. The Kier molecular flexibility index (Phi) is 6.72. The molecule has 1 aromatic heterocycles. The monoisotopic (exact) mass is 396 g/mol. The molecule has 0 radical (unpaired) electrons. The SMILES string of the molecule is Cc1nn(CC(C)C)c(C)c1CC(=O)N1CCCN(C(=O)c2ccccc2)CC1. The fraction of sp³-hybridized carbons (Fsp3) is 0.522. The van der Waals surface area contributed by atoms with E-state index in [1.807, 2.05) is 58.7 Å². The van der Waals surface area contributed by atoms with Crippen molar-refractivity contribution < 1.29 is 9.59 Å². The summed E-state index contributed by atoms with van der Waals surface area (Å²) in [7, 11) is 0.